The molecule has 4 nitrogen and oxygen atoms in total. The molecule has 22 heavy (non-hydrogen) atoms. The maximum absolute atomic E-state index is 12.3. The molecule has 0 unspecified atom stereocenters. The van der Waals surface area contributed by atoms with Gasteiger partial charge in [0.05, 0.1) is 6.10 Å². The number of carbonyl (C=O) groups is 1. The molecule has 3 aliphatic carbocycles. The summed E-state index contributed by atoms with van der Waals surface area (Å²) in [6.45, 7) is 0.805. The maximum atomic E-state index is 12.3. The SMILES string of the molecule is O=C(N[C@@H]1CCC[C@H](C2CC2)C1)N[C@H]1CCO[C@H](C2CC2)C1. The average Bonchev–Trinajstić information content (AvgIpc) is 3.41. The van der Waals surface area contributed by atoms with Crippen molar-refractivity contribution in [3.63, 3.8) is 0 Å². The molecule has 0 spiro atoms. The van der Waals surface area contributed by atoms with E-state index in [-0.39, 0.29) is 6.03 Å². The van der Waals surface area contributed by atoms with E-state index in [1.165, 1.54) is 44.9 Å². The van der Waals surface area contributed by atoms with Crippen LogP contribution >= 0.6 is 0 Å². The monoisotopic (exact) mass is 306 g/mol. The van der Waals surface area contributed by atoms with Crippen LogP contribution in [0.15, 0.2) is 0 Å². The fourth-order valence-electron chi connectivity index (χ4n) is 4.52. The number of nitrogens with one attached hydrogen (secondary N) is 2. The quantitative estimate of drug-likeness (QED) is 0.838. The molecule has 0 bridgehead atoms. The van der Waals surface area contributed by atoms with E-state index in [1.807, 2.05) is 0 Å². The second-order valence-electron chi connectivity index (χ2n) is 8.05. The zero-order valence-electron chi connectivity index (χ0n) is 13.6. The molecule has 4 aliphatic rings. The van der Waals surface area contributed by atoms with Gasteiger partial charge >= 0.3 is 6.03 Å². The third-order valence-electron chi connectivity index (χ3n) is 6.14. The zero-order valence-corrected chi connectivity index (χ0v) is 13.6. The van der Waals surface area contributed by atoms with E-state index in [1.54, 1.807) is 0 Å². The molecule has 2 amide bonds. The van der Waals surface area contributed by atoms with Gasteiger partial charge in [0.25, 0.3) is 0 Å². The van der Waals surface area contributed by atoms with Gasteiger partial charge in [0.15, 0.2) is 0 Å². The highest BCUT2D eigenvalue weighted by Gasteiger charge is 2.37. The van der Waals surface area contributed by atoms with E-state index in [0.717, 1.165) is 43.6 Å². The maximum Gasteiger partial charge on any atom is 0.315 e. The van der Waals surface area contributed by atoms with Gasteiger partial charge in [0.2, 0.25) is 0 Å². The molecule has 4 atom stereocenters. The second-order valence-corrected chi connectivity index (χ2v) is 8.05. The third kappa shape index (κ3) is 3.76. The van der Waals surface area contributed by atoms with Gasteiger partial charge < -0.3 is 15.4 Å². The Labute approximate surface area is 133 Å². The minimum Gasteiger partial charge on any atom is -0.378 e. The van der Waals surface area contributed by atoms with Crippen molar-refractivity contribution in [3.8, 4) is 0 Å². The highest BCUT2D eigenvalue weighted by atomic mass is 16.5. The van der Waals surface area contributed by atoms with Gasteiger partial charge in [0, 0.05) is 18.7 Å². The Bertz CT molecular complexity index is 370. The largest absolute Gasteiger partial charge is 0.378 e. The van der Waals surface area contributed by atoms with Crippen LogP contribution in [0.2, 0.25) is 0 Å². The molecule has 1 saturated heterocycles. The number of rotatable bonds is 4. The van der Waals surface area contributed by atoms with Crippen LogP contribution < -0.4 is 10.6 Å². The third-order valence-corrected chi connectivity index (χ3v) is 6.14. The summed E-state index contributed by atoms with van der Waals surface area (Å²) in [5.74, 6) is 2.62. The summed E-state index contributed by atoms with van der Waals surface area (Å²) in [5, 5.41) is 6.46. The lowest BCUT2D eigenvalue weighted by atomic mass is 9.83. The summed E-state index contributed by atoms with van der Waals surface area (Å²) in [6.07, 6.45) is 12.9. The highest BCUT2D eigenvalue weighted by molar-refractivity contribution is 5.74. The summed E-state index contributed by atoms with van der Waals surface area (Å²) >= 11 is 0. The lowest BCUT2D eigenvalue weighted by molar-refractivity contribution is -0.00921. The van der Waals surface area contributed by atoms with Gasteiger partial charge in [-0.1, -0.05) is 12.8 Å². The molecule has 3 saturated carbocycles. The molecule has 1 aliphatic heterocycles. The van der Waals surface area contributed by atoms with Crippen LogP contribution in [-0.4, -0.2) is 30.8 Å². The normalized spacial score (nSPS) is 39.3. The summed E-state index contributed by atoms with van der Waals surface area (Å²) in [4.78, 5) is 12.3. The summed E-state index contributed by atoms with van der Waals surface area (Å²) in [7, 11) is 0. The van der Waals surface area contributed by atoms with Crippen LogP contribution in [-0.2, 0) is 4.74 Å². The smallest absolute Gasteiger partial charge is 0.315 e. The Morgan fingerprint density at radius 2 is 1.50 bits per heavy atom. The first-order chi connectivity index (χ1) is 10.8. The molecule has 124 valence electrons. The zero-order chi connectivity index (χ0) is 14.9. The van der Waals surface area contributed by atoms with Gasteiger partial charge in [-0.25, -0.2) is 4.79 Å². The van der Waals surface area contributed by atoms with Gasteiger partial charge in [-0.05, 0) is 69.1 Å². The van der Waals surface area contributed by atoms with Crippen molar-refractivity contribution >= 4 is 6.03 Å². The number of urea groups is 1. The molecule has 4 rings (SSSR count). The summed E-state index contributed by atoms with van der Waals surface area (Å²) < 4.78 is 5.84. The van der Waals surface area contributed by atoms with Crippen molar-refractivity contribution in [2.24, 2.45) is 17.8 Å². The Morgan fingerprint density at radius 1 is 0.773 bits per heavy atom. The van der Waals surface area contributed by atoms with Crippen LogP contribution in [0.3, 0.4) is 0 Å². The first kappa shape index (κ1) is 14.8. The number of amides is 2. The Balaban J connectivity index is 1.21. The first-order valence-corrected chi connectivity index (χ1v) is 9.46. The molecule has 1 heterocycles. The molecular formula is C18H30N2O2. The van der Waals surface area contributed by atoms with Crippen LogP contribution in [0.1, 0.15) is 64.2 Å². The highest BCUT2D eigenvalue weighted by Crippen LogP contribution is 2.44. The van der Waals surface area contributed by atoms with Crippen molar-refractivity contribution in [2.75, 3.05) is 6.61 Å². The molecule has 2 N–H and O–H groups in total. The van der Waals surface area contributed by atoms with Crippen LogP contribution in [0, 0.1) is 17.8 Å². The van der Waals surface area contributed by atoms with Crippen molar-refractivity contribution in [1.29, 1.82) is 0 Å². The van der Waals surface area contributed by atoms with Gasteiger partial charge in [0.1, 0.15) is 0 Å². The molecule has 4 fully saturated rings. The average molecular weight is 306 g/mol. The standard InChI is InChI=1S/C18H30N2O2/c21-18(19-15-3-1-2-14(10-15)12-4-5-12)20-16-8-9-22-17(11-16)13-6-7-13/h12-17H,1-11H2,(H2,19,20,21)/t14-,15+,16-,17-/m0/s1. The number of ether oxygens (including phenoxy) is 1. The van der Waals surface area contributed by atoms with Crippen LogP contribution in [0.5, 0.6) is 0 Å². The topological polar surface area (TPSA) is 50.4 Å². The van der Waals surface area contributed by atoms with E-state index >= 15 is 0 Å². The predicted molar refractivity (Wildman–Crippen MR) is 85.6 cm³/mol. The minimum absolute atomic E-state index is 0.0582. The Morgan fingerprint density at radius 3 is 2.23 bits per heavy atom. The molecular weight excluding hydrogens is 276 g/mol. The van der Waals surface area contributed by atoms with Crippen LogP contribution in [0.4, 0.5) is 4.79 Å². The lowest BCUT2D eigenvalue weighted by Crippen LogP contribution is -2.50. The Kier molecular flexibility index (Phi) is 4.29. The number of hydrogen-bond acceptors (Lipinski definition) is 2. The van der Waals surface area contributed by atoms with Crippen molar-refractivity contribution in [1.82, 2.24) is 10.6 Å². The molecule has 0 aromatic heterocycles. The van der Waals surface area contributed by atoms with Gasteiger partial charge in [-0.15, -0.1) is 0 Å². The van der Waals surface area contributed by atoms with E-state index in [9.17, 15) is 4.79 Å². The van der Waals surface area contributed by atoms with E-state index in [2.05, 4.69) is 10.6 Å². The van der Waals surface area contributed by atoms with Crippen molar-refractivity contribution in [2.45, 2.75) is 82.4 Å². The lowest BCUT2D eigenvalue weighted by Gasteiger charge is -2.32. The predicted octanol–water partition coefficient (Wildman–Crippen LogP) is 3.21. The first-order valence-electron chi connectivity index (χ1n) is 9.46. The van der Waals surface area contributed by atoms with Gasteiger partial charge in [-0.3, -0.25) is 0 Å². The van der Waals surface area contributed by atoms with Crippen LogP contribution in [0.25, 0.3) is 0 Å². The fraction of sp³-hybridized carbons (Fsp3) is 0.944. The van der Waals surface area contributed by atoms with E-state index < -0.39 is 0 Å². The molecule has 0 radical (unpaired) electrons. The summed E-state index contributed by atoms with van der Waals surface area (Å²) in [6, 6.07) is 0.767. The van der Waals surface area contributed by atoms with Crippen molar-refractivity contribution in [3.05, 3.63) is 0 Å². The van der Waals surface area contributed by atoms with E-state index in [0.29, 0.717) is 18.2 Å². The van der Waals surface area contributed by atoms with Crippen molar-refractivity contribution < 1.29 is 9.53 Å². The minimum atomic E-state index is 0.0582. The Hall–Kier alpha value is -0.770. The molecule has 0 aromatic carbocycles. The fourth-order valence-corrected chi connectivity index (χ4v) is 4.52. The number of carbonyl (C=O) groups excluding carboxylic acids is 1. The van der Waals surface area contributed by atoms with Gasteiger partial charge in [-0.2, -0.15) is 0 Å². The summed E-state index contributed by atoms with van der Waals surface area (Å²) in [5.41, 5.74) is 0. The number of hydrogen-bond donors (Lipinski definition) is 2. The molecule has 0 aromatic rings. The second kappa shape index (κ2) is 6.38. The van der Waals surface area contributed by atoms with E-state index in [4.69, 9.17) is 4.74 Å². The molecule has 4 heteroatoms.